The quantitative estimate of drug-likeness (QED) is 0.757. The molecule has 0 amide bonds. The van der Waals surface area contributed by atoms with Gasteiger partial charge in [-0.1, -0.05) is 12.1 Å². The molecule has 0 aliphatic carbocycles. The van der Waals surface area contributed by atoms with Gasteiger partial charge in [-0.2, -0.15) is 5.10 Å². The Morgan fingerprint density at radius 1 is 1.25 bits per heavy atom. The summed E-state index contributed by atoms with van der Waals surface area (Å²) in [4.78, 5) is 4.09. The number of rotatable bonds is 5. The molecule has 0 unspecified atom stereocenters. The molecule has 0 radical (unpaired) electrons. The summed E-state index contributed by atoms with van der Waals surface area (Å²) >= 11 is 0. The van der Waals surface area contributed by atoms with Gasteiger partial charge in [0.25, 0.3) is 0 Å². The summed E-state index contributed by atoms with van der Waals surface area (Å²) in [5.41, 5.74) is 2.42. The Balaban J connectivity index is 1.34. The highest BCUT2D eigenvalue weighted by Crippen LogP contribution is 2.18. The average molecular weight is 322 g/mol. The van der Waals surface area contributed by atoms with Crippen molar-refractivity contribution in [3.8, 4) is 5.69 Å². The maximum Gasteiger partial charge on any atom is 0.124 e. The number of fused-ring (bicyclic) bond motifs is 1. The molecule has 4 rings (SSSR count). The number of nitrogens with one attached hydrogen (secondary N) is 2. The first-order valence-electron chi connectivity index (χ1n) is 8.37. The molecule has 2 aromatic heterocycles. The van der Waals surface area contributed by atoms with Crippen molar-refractivity contribution < 1.29 is 0 Å². The number of hydrogen-bond acceptors (Lipinski definition) is 4. The third-order valence-corrected chi connectivity index (χ3v) is 4.63. The first-order valence-corrected chi connectivity index (χ1v) is 8.37. The molecule has 2 atom stereocenters. The molecule has 0 fully saturated rings. The molecule has 1 aliphatic heterocycles. The lowest BCUT2D eigenvalue weighted by Crippen LogP contribution is -2.36. The number of anilines is 1. The van der Waals surface area contributed by atoms with Crippen LogP contribution in [0.5, 0.6) is 0 Å². The normalized spacial score (nSPS) is 18.0. The fourth-order valence-electron chi connectivity index (χ4n) is 3.13. The number of hydrogen-bond donors (Lipinski definition) is 2. The second-order valence-electron chi connectivity index (χ2n) is 6.34. The minimum Gasteiger partial charge on any atom is -0.370 e. The van der Waals surface area contributed by atoms with Crippen LogP contribution < -0.4 is 10.6 Å². The van der Waals surface area contributed by atoms with Gasteiger partial charge in [-0.3, -0.25) is 0 Å². The summed E-state index contributed by atoms with van der Waals surface area (Å²) in [6.45, 7) is 5.14. The molecule has 2 N–H and O–H groups in total. The van der Waals surface area contributed by atoms with Crippen LogP contribution in [0, 0.1) is 5.92 Å². The second kappa shape index (κ2) is 6.49. The number of aromatic nitrogens is 4. The number of nitrogens with zero attached hydrogens (tertiary/aromatic N) is 4. The Morgan fingerprint density at radius 2 is 2.12 bits per heavy atom. The zero-order valence-electron chi connectivity index (χ0n) is 13.8. The van der Waals surface area contributed by atoms with E-state index in [1.165, 1.54) is 5.56 Å². The van der Waals surface area contributed by atoms with E-state index in [0.717, 1.165) is 31.1 Å². The average Bonchev–Trinajstić information content (AvgIpc) is 3.31. The van der Waals surface area contributed by atoms with Crippen molar-refractivity contribution in [2.45, 2.75) is 19.5 Å². The fraction of sp³-hybridized carbons (Fsp3) is 0.333. The van der Waals surface area contributed by atoms with E-state index >= 15 is 0 Å². The number of imidazole rings is 1. The van der Waals surface area contributed by atoms with E-state index in [4.69, 9.17) is 0 Å². The molecule has 0 saturated heterocycles. The lowest BCUT2D eigenvalue weighted by atomic mass is 10.1. The summed E-state index contributed by atoms with van der Waals surface area (Å²) in [6, 6.07) is 11.0. The van der Waals surface area contributed by atoms with Gasteiger partial charge in [0.2, 0.25) is 0 Å². The highest BCUT2D eigenvalue weighted by molar-refractivity contribution is 5.36. The van der Waals surface area contributed by atoms with Crippen LogP contribution in [-0.4, -0.2) is 32.4 Å². The largest absolute Gasteiger partial charge is 0.370 e. The van der Waals surface area contributed by atoms with Gasteiger partial charge in [0.1, 0.15) is 5.82 Å². The first-order chi connectivity index (χ1) is 11.8. The van der Waals surface area contributed by atoms with Crippen LogP contribution in [0.25, 0.3) is 5.69 Å². The molecule has 0 saturated carbocycles. The minimum absolute atomic E-state index is 0.320. The zero-order chi connectivity index (χ0) is 16.4. The van der Waals surface area contributed by atoms with Crippen LogP contribution in [0.2, 0.25) is 0 Å². The molecular formula is C18H22N6. The van der Waals surface area contributed by atoms with Crippen LogP contribution >= 0.6 is 0 Å². The van der Waals surface area contributed by atoms with Crippen LogP contribution in [0.1, 0.15) is 18.5 Å². The second-order valence-corrected chi connectivity index (χ2v) is 6.34. The van der Waals surface area contributed by atoms with Gasteiger partial charge in [0, 0.05) is 55.7 Å². The van der Waals surface area contributed by atoms with E-state index in [0.29, 0.717) is 12.0 Å². The zero-order valence-corrected chi connectivity index (χ0v) is 13.8. The van der Waals surface area contributed by atoms with Crippen molar-refractivity contribution in [2.75, 3.05) is 18.4 Å². The summed E-state index contributed by atoms with van der Waals surface area (Å²) in [6.07, 6.45) is 7.41. The highest BCUT2D eigenvalue weighted by Gasteiger charge is 2.18. The summed E-state index contributed by atoms with van der Waals surface area (Å²) in [5.74, 6) is 1.67. The molecule has 124 valence electrons. The Morgan fingerprint density at radius 3 is 2.92 bits per heavy atom. The van der Waals surface area contributed by atoms with Crippen LogP contribution in [0.3, 0.4) is 0 Å². The maximum absolute atomic E-state index is 4.35. The summed E-state index contributed by atoms with van der Waals surface area (Å²) in [7, 11) is 0. The van der Waals surface area contributed by atoms with Crippen LogP contribution in [0.15, 0.2) is 55.2 Å². The fourth-order valence-corrected chi connectivity index (χ4v) is 3.13. The molecule has 3 aromatic rings. The van der Waals surface area contributed by atoms with E-state index in [1.54, 1.807) is 6.20 Å². The van der Waals surface area contributed by atoms with Crippen molar-refractivity contribution in [1.82, 2.24) is 24.6 Å². The van der Waals surface area contributed by atoms with Gasteiger partial charge in [-0.25, -0.2) is 9.67 Å². The van der Waals surface area contributed by atoms with Crippen molar-refractivity contribution in [3.05, 3.63) is 60.8 Å². The Kier molecular flexibility index (Phi) is 4.04. The molecule has 6 heteroatoms. The molecule has 6 nitrogen and oxygen atoms in total. The maximum atomic E-state index is 4.35. The third-order valence-electron chi connectivity index (χ3n) is 4.63. The van der Waals surface area contributed by atoms with Crippen molar-refractivity contribution in [1.29, 1.82) is 0 Å². The van der Waals surface area contributed by atoms with Gasteiger partial charge in [-0.15, -0.1) is 0 Å². The van der Waals surface area contributed by atoms with E-state index in [9.17, 15) is 0 Å². The third kappa shape index (κ3) is 3.05. The van der Waals surface area contributed by atoms with Gasteiger partial charge in [0.15, 0.2) is 0 Å². The molecule has 0 spiro atoms. The molecule has 24 heavy (non-hydrogen) atoms. The summed E-state index contributed by atoms with van der Waals surface area (Å²) in [5, 5.41) is 11.4. The molecule has 1 aromatic carbocycles. The standard InChI is InChI=1S/C18H22N6/c1-14(16-2-4-17(5-3-16)23-9-8-19-13-23)20-10-15-11-21-18-6-7-22-24(18)12-15/h2-9,13-15,20-21H,10-12H2,1H3/t14-,15-/m0/s1. The highest BCUT2D eigenvalue weighted by atomic mass is 15.3. The molecule has 1 aliphatic rings. The van der Waals surface area contributed by atoms with Gasteiger partial charge in [0.05, 0.1) is 12.5 Å². The summed E-state index contributed by atoms with van der Waals surface area (Å²) < 4.78 is 4.05. The molecule has 3 heterocycles. The monoisotopic (exact) mass is 322 g/mol. The van der Waals surface area contributed by atoms with E-state index in [1.807, 2.05) is 34.0 Å². The van der Waals surface area contributed by atoms with Crippen molar-refractivity contribution in [3.63, 3.8) is 0 Å². The minimum atomic E-state index is 0.320. The SMILES string of the molecule is C[C@H](NC[C@H]1CNc2ccnn2C1)c1ccc(-n2ccnc2)cc1. The smallest absolute Gasteiger partial charge is 0.124 e. The van der Waals surface area contributed by atoms with E-state index in [-0.39, 0.29) is 0 Å². The topological polar surface area (TPSA) is 59.7 Å². The van der Waals surface area contributed by atoms with Gasteiger partial charge < -0.3 is 15.2 Å². The molecular weight excluding hydrogens is 300 g/mol. The van der Waals surface area contributed by atoms with Crippen LogP contribution in [0.4, 0.5) is 5.82 Å². The Bertz CT molecular complexity index is 774. The predicted molar refractivity (Wildman–Crippen MR) is 94.2 cm³/mol. The Labute approximate surface area is 141 Å². The van der Waals surface area contributed by atoms with E-state index < -0.39 is 0 Å². The van der Waals surface area contributed by atoms with E-state index in [2.05, 4.69) is 51.9 Å². The molecule has 0 bridgehead atoms. The van der Waals surface area contributed by atoms with Crippen LogP contribution in [-0.2, 0) is 6.54 Å². The first kappa shape index (κ1) is 15.0. The van der Waals surface area contributed by atoms with Crippen molar-refractivity contribution in [2.24, 2.45) is 5.92 Å². The van der Waals surface area contributed by atoms with Gasteiger partial charge >= 0.3 is 0 Å². The number of benzene rings is 1. The lowest BCUT2D eigenvalue weighted by molar-refractivity contribution is 0.376. The lowest BCUT2D eigenvalue weighted by Gasteiger charge is -2.26. The van der Waals surface area contributed by atoms with Crippen molar-refractivity contribution >= 4 is 5.82 Å². The van der Waals surface area contributed by atoms with Gasteiger partial charge in [-0.05, 0) is 24.6 Å². The Hall–Kier alpha value is -2.60. The predicted octanol–water partition coefficient (Wildman–Crippen LogP) is 2.46.